The molecule has 4 nitrogen and oxygen atoms in total. The van der Waals surface area contributed by atoms with Crippen LogP contribution in [0, 0.1) is 5.92 Å². The SMILES string of the molecule is C[C@H](CNS(=O)(=O)Cc1ccccc1)C[C@@H](C)O. The third kappa shape index (κ3) is 6.14. The maximum Gasteiger partial charge on any atom is 0.215 e. The Morgan fingerprint density at radius 3 is 2.39 bits per heavy atom. The largest absolute Gasteiger partial charge is 0.393 e. The molecule has 0 aliphatic carbocycles. The van der Waals surface area contributed by atoms with Crippen molar-refractivity contribution in [3.63, 3.8) is 0 Å². The van der Waals surface area contributed by atoms with Gasteiger partial charge in [-0.15, -0.1) is 0 Å². The number of sulfonamides is 1. The van der Waals surface area contributed by atoms with Gasteiger partial charge in [0.15, 0.2) is 0 Å². The Hall–Kier alpha value is -0.910. The smallest absolute Gasteiger partial charge is 0.215 e. The van der Waals surface area contributed by atoms with Crippen molar-refractivity contribution in [3.8, 4) is 0 Å². The zero-order valence-corrected chi connectivity index (χ0v) is 11.7. The summed E-state index contributed by atoms with van der Waals surface area (Å²) >= 11 is 0. The van der Waals surface area contributed by atoms with Crippen molar-refractivity contribution >= 4 is 10.0 Å². The van der Waals surface area contributed by atoms with Crippen molar-refractivity contribution < 1.29 is 13.5 Å². The molecule has 18 heavy (non-hydrogen) atoms. The maximum absolute atomic E-state index is 11.8. The van der Waals surface area contributed by atoms with Crippen molar-refractivity contribution in [1.29, 1.82) is 0 Å². The highest BCUT2D eigenvalue weighted by molar-refractivity contribution is 7.88. The topological polar surface area (TPSA) is 66.4 Å². The second kappa shape index (κ2) is 6.87. The van der Waals surface area contributed by atoms with Crippen LogP contribution in [0.5, 0.6) is 0 Å². The van der Waals surface area contributed by atoms with Gasteiger partial charge in [-0.05, 0) is 24.8 Å². The Kier molecular flexibility index (Phi) is 5.78. The van der Waals surface area contributed by atoms with Gasteiger partial charge in [0.1, 0.15) is 0 Å². The summed E-state index contributed by atoms with van der Waals surface area (Å²) in [4.78, 5) is 0. The standard InChI is InChI=1S/C13H21NO3S/c1-11(8-12(2)15)9-14-18(16,17)10-13-6-4-3-5-7-13/h3-7,11-12,14-15H,8-10H2,1-2H3/t11-,12+/m0/s1. The summed E-state index contributed by atoms with van der Waals surface area (Å²) in [6.45, 7) is 3.98. The summed E-state index contributed by atoms with van der Waals surface area (Å²) in [5.41, 5.74) is 0.771. The van der Waals surface area contributed by atoms with Crippen LogP contribution in [0.1, 0.15) is 25.8 Å². The molecule has 0 saturated carbocycles. The van der Waals surface area contributed by atoms with Crippen LogP contribution in [0.2, 0.25) is 0 Å². The van der Waals surface area contributed by atoms with Crippen LogP contribution in [0.4, 0.5) is 0 Å². The molecule has 2 atom stereocenters. The molecule has 0 radical (unpaired) electrons. The van der Waals surface area contributed by atoms with Crippen molar-refractivity contribution in [1.82, 2.24) is 4.72 Å². The molecule has 2 N–H and O–H groups in total. The minimum atomic E-state index is -3.30. The summed E-state index contributed by atoms with van der Waals surface area (Å²) in [5.74, 6) is 0.116. The predicted octanol–water partition coefficient (Wildman–Crippen LogP) is 1.51. The van der Waals surface area contributed by atoms with E-state index in [0.717, 1.165) is 5.56 Å². The van der Waals surface area contributed by atoms with Crippen molar-refractivity contribution in [2.75, 3.05) is 6.54 Å². The van der Waals surface area contributed by atoms with Crippen molar-refractivity contribution in [3.05, 3.63) is 35.9 Å². The molecule has 0 fully saturated rings. The number of aliphatic hydroxyl groups is 1. The van der Waals surface area contributed by atoms with E-state index in [4.69, 9.17) is 0 Å². The first-order valence-electron chi connectivity index (χ1n) is 6.08. The van der Waals surface area contributed by atoms with E-state index < -0.39 is 16.1 Å². The average molecular weight is 271 g/mol. The van der Waals surface area contributed by atoms with E-state index in [0.29, 0.717) is 13.0 Å². The van der Waals surface area contributed by atoms with Gasteiger partial charge in [-0.1, -0.05) is 37.3 Å². The average Bonchev–Trinajstić information content (AvgIpc) is 2.26. The number of nitrogens with one attached hydrogen (secondary N) is 1. The minimum absolute atomic E-state index is 0.00472. The van der Waals surface area contributed by atoms with Crippen LogP contribution >= 0.6 is 0 Å². The molecule has 0 aromatic heterocycles. The third-order valence-electron chi connectivity index (χ3n) is 2.59. The molecule has 1 aromatic rings. The Labute approximate surface area is 109 Å². The van der Waals surface area contributed by atoms with Crippen LogP contribution in [0.25, 0.3) is 0 Å². The quantitative estimate of drug-likeness (QED) is 0.790. The highest BCUT2D eigenvalue weighted by atomic mass is 32.2. The van der Waals surface area contributed by atoms with Gasteiger partial charge < -0.3 is 5.11 Å². The summed E-state index contributed by atoms with van der Waals surface area (Å²) < 4.78 is 26.2. The van der Waals surface area contributed by atoms with Crippen LogP contribution < -0.4 is 4.72 Å². The van der Waals surface area contributed by atoms with Gasteiger partial charge in [0.2, 0.25) is 10.0 Å². The monoisotopic (exact) mass is 271 g/mol. The summed E-state index contributed by atoms with van der Waals surface area (Å²) in [5, 5.41) is 9.21. The van der Waals surface area contributed by atoms with E-state index in [2.05, 4.69) is 4.72 Å². The highest BCUT2D eigenvalue weighted by Crippen LogP contribution is 2.07. The molecular weight excluding hydrogens is 250 g/mol. The van der Waals surface area contributed by atoms with E-state index in [1.165, 1.54) is 0 Å². The molecule has 5 heteroatoms. The van der Waals surface area contributed by atoms with E-state index in [9.17, 15) is 13.5 Å². The lowest BCUT2D eigenvalue weighted by atomic mass is 10.1. The van der Waals surface area contributed by atoms with Gasteiger partial charge in [-0.2, -0.15) is 0 Å². The number of hydrogen-bond donors (Lipinski definition) is 2. The predicted molar refractivity (Wildman–Crippen MR) is 72.5 cm³/mol. The van der Waals surface area contributed by atoms with Crippen LogP contribution in [-0.4, -0.2) is 26.2 Å². The van der Waals surface area contributed by atoms with E-state index in [1.54, 1.807) is 19.1 Å². The number of hydrogen-bond acceptors (Lipinski definition) is 3. The molecule has 0 unspecified atom stereocenters. The summed E-state index contributed by atoms with van der Waals surface area (Å²) in [6, 6.07) is 9.08. The molecule has 0 bridgehead atoms. The van der Waals surface area contributed by atoms with Crippen molar-refractivity contribution in [2.45, 2.75) is 32.1 Å². The zero-order chi connectivity index (χ0) is 13.6. The Morgan fingerprint density at radius 2 is 1.83 bits per heavy atom. The van der Waals surface area contributed by atoms with Crippen molar-refractivity contribution in [2.24, 2.45) is 5.92 Å². The van der Waals surface area contributed by atoms with Crippen LogP contribution in [-0.2, 0) is 15.8 Å². The maximum atomic E-state index is 11.8. The molecule has 0 aliphatic rings. The highest BCUT2D eigenvalue weighted by Gasteiger charge is 2.13. The number of aliphatic hydroxyl groups excluding tert-OH is 1. The molecule has 0 aliphatic heterocycles. The normalized spacial score (nSPS) is 15.3. The zero-order valence-electron chi connectivity index (χ0n) is 10.8. The fraction of sp³-hybridized carbons (Fsp3) is 0.538. The lowest BCUT2D eigenvalue weighted by Crippen LogP contribution is -2.30. The molecular formula is C13H21NO3S. The number of rotatable bonds is 7. The fourth-order valence-corrected chi connectivity index (χ4v) is 3.05. The van der Waals surface area contributed by atoms with Gasteiger partial charge in [0.25, 0.3) is 0 Å². The molecule has 0 spiro atoms. The molecule has 0 amide bonds. The Bertz CT molecular complexity index is 443. The first-order valence-corrected chi connectivity index (χ1v) is 7.73. The van der Waals surface area contributed by atoms with Crippen LogP contribution in [0.3, 0.4) is 0 Å². The van der Waals surface area contributed by atoms with Gasteiger partial charge in [0, 0.05) is 6.54 Å². The molecule has 0 heterocycles. The third-order valence-corrected chi connectivity index (χ3v) is 3.91. The Morgan fingerprint density at radius 1 is 1.22 bits per heavy atom. The Balaban J connectivity index is 2.46. The molecule has 102 valence electrons. The minimum Gasteiger partial charge on any atom is -0.393 e. The van der Waals surface area contributed by atoms with E-state index >= 15 is 0 Å². The lowest BCUT2D eigenvalue weighted by Gasteiger charge is -2.14. The second-order valence-electron chi connectivity index (χ2n) is 4.78. The first kappa shape index (κ1) is 15.1. The lowest BCUT2D eigenvalue weighted by molar-refractivity contribution is 0.165. The number of benzene rings is 1. The molecule has 0 saturated heterocycles. The fourth-order valence-electron chi connectivity index (χ4n) is 1.78. The van der Waals surface area contributed by atoms with E-state index in [1.807, 2.05) is 25.1 Å². The van der Waals surface area contributed by atoms with Gasteiger partial charge in [0.05, 0.1) is 11.9 Å². The first-order chi connectivity index (χ1) is 8.39. The molecule has 1 aromatic carbocycles. The van der Waals surface area contributed by atoms with Gasteiger partial charge in [-0.25, -0.2) is 13.1 Å². The van der Waals surface area contributed by atoms with Gasteiger partial charge in [-0.3, -0.25) is 0 Å². The summed E-state index contributed by atoms with van der Waals surface area (Å²) in [6.07, 6.45) is 0.187. The summed E-state index contributed by atoms with van der Waals surface area (Å²) in [7, 11) is -3.30. The van der Waals surface area contributed by atoms with Crippen LogP contribution in [0.15, 0.2) is 30.3 Å². The van der Waals surface area contributed by atoms with E-state index in [-0.39, 0.29) is 11.7 Å². The van der Waals surface area contributed by atoms with Gasteiger partial charge >= 0.3 is 0 Å². The molecule has 1 rings (SSSR count). The second-order valence-corrected chi connectivity index (χ2v) is 6.59.